The van der Waals surface area contributed by atoms with E-state index in [1.807, 2.05) is 42.5 Å². The molecule has 200 valence electrons. The molecule has 2 aromatic heterocycles. The molecule has 3 heterocycles. The van der Waals surface area contributed by atoms with Crippen molar-refractivity contribution in [1.29, 1.82) is 0 Å². The summed E-state index contributed by atoms with van der Waals surface area (Å²) < 4.78 is 6.09. The van der Waals surface area contributed by atoms with Crippen molar-refractivity contribution in [2.24, 2.45) is 5.92 Å². The maximum absolute atomic E-state index is 13.1. The average Bonchev–Trinajstić information content (AvgIpc) is 3.79. The molecule has 8 heteroatoms. The summed E-state index contributed by atoms with van der Waals surface area (Å²) in [6, 6.07) is 18.4. The Bertz CT molecular complexity index is 1560. The highest BCUT2D eigenvalue weighted by atomic mass is 16.5. The second-order valence-electron chi connectivity index (χ2n) is 10.5. The zero-order valence-electron chi connectivity index (χ0n) is 21.7. The van der Waals surface area contributed by atoms with E-state index in [9.17, 15) is 14.7 Å². The summed E-state index contributed by atoms with van der Waals surface area (Å²) in [4.78, 5) is 33.8. The minimum Gasteiger partial charge on any atom is -0.507 e. The van der Waals surface area contributed by atoms with Crippen molar-refractivity contribution in [1.82, 2.24) is 20.6 Å². The summed E-state index contributed by atoms with van der Waals surface area (Å²) >= 11 is 0. The van der Waals surface area contributed by atoms with Crippen LogP contribution in [0.15, 0.2) is 65.5 Å². The van der Waals surface area contributed by atoms with Crippen molar-refractivity contribution in [3.63, 3.8) is 0 Å². The third kappa shape index (κ3) is 5.52. The molecule has 1 aliphatic carbocycles. The third-order valence-corrected chi connectivity index (χ3v) is 7.56. The van der Waals surface area contributed by atoms with Crippen LogP contribution in [0.2, 0.25) is 0 Å². The number of fused-ring (bicyclic) bond motifs is 1. The van der Waals surface area contributed by atoms with Gasteiger partial charge in [-0.15, -0.1) is 0 Å². The summed E-state index contributed by atoms with van der Waals surface area (Å²) in [5.41, 5.74) is 2.90. The van der Waals surface area contributed by atoms with Crippen LogP contribution < -0.4 is 20.9 Å². The lowest BCUT2D eigenvalue weighted by Crippen LogP contribution is -2.30. The number of hydrogen-bond donors (Lipinski definition) is 4. The van der Waals surface area contributed by atoms with Gasteiger partial charge in [0.2, 0.25) is 0 Å². The molecule has 0 radical (unpaired) electrons. The Morgan fingerprint density at radius 2 is 1.92 bits per heavy atom. The van der Waals surface area contributed by atoms with Gasteiger partial charge in [0.05, 0.1) is 17.9 Å². The molecule has 1 saturated carbocycles. The summed E-state index contributed by atoms with van der Waals surface area (Å²) in [5.74, 6) is 0.922. The third-order valence-electron chi connectivity index (χ3n) is 7.56. The first-order chi connectivity index (χ1) is 19.1. The van der Waals surface area contributed by atoms with Crippen molar-refractivity contribution in [2.75, 3.05) is 19.7 Å². The molecule has 1 amide bonds. The second kappa shape index (κ2) is 10.9. The maximum Gasteiger partial charge on any atom is 0.262 e. The Labute approximate surface area is 226 Å². The topological polar surface area (TPSA) is 116 Å². The fraction of sp³-hybridized carbons (Fsp3) is 0.323. The van der Waals surface area contributed by atoms with E-state index >= 15 is 0 Å². The highest BCUT2D eigenvalue weighted by Crippen LogP contribution is 2.41. The van der Waals surface area contributed by atoms with Gasteiger partial charge in [0.1, 0.15) is 22.7 Å². The zero-order chi connectivity index (χ0) is 26.8. The number of carbonyl (C=O) groups is 1. The van der Waals surface area contributed by atoms with Gasteiger partial charge in [-0.1, -0.05) is 36.4 Å². The number of aromatic nitrogens is 2. The molecule has 0 spiro atoms. The number of piperidine rings is 1. The van der Waals surface area contributed by atoms with E-state index in [4.69, 9.17) is 9.72 Å². The number of aromatic hydroxyl groups is 1. The molecule has 6 rings (SSSR count). The molecule has 8 nitrogen and oxygen atoms in total. The molecular formula is C31H32N4O4. The molecule has 4 N–H and O–H groups in total. The quantitative estimate of drug-likeness (QED) is 0.270. The van der Waals surface area contributed by atoms with Crippen LogP contribution in [0, 0.1) is 5.92 Å². The van der Waals surface area contributed by atoms with E-state index in [-0.39, 0.29) is 17.2 Å². The second-order valence-corrected chi connectivity index (χ2v) is 10.5. The van der Waals surface area contributed by atoms with E-state index in [1.165, 1.54) is 0 Å². The Balaban J connectivity index is 1.42. The highest BCUT2D eigenvalue weighted by molar-refractivity contribution is 5.98. The number of amides is 1. The van der Waals surface area contributed by atoms with Crippen LogP contribution in [0.3, 0.4) is 0 Å². The maximum atomic E-state index is 13.1. The number of aromatic amines is 1. The Morgan fingerprint density at radius 1 is 1.08 bits per heavy atom. The minimum absolute atomic E-state index is 0.0500. The lowest BCUT2D eigenvalue weighted by atomic mass is 9.88. The van der Waals surface area contributed by atoms with Crippen LogP contribution in [0.1, 0.15) is 53.1 Å². The average molecular weight is 525 g/mol. The van der Waals surface area contributed by atoms with Gasteiger partial charge < -0.3 is 25.5 Å². The first-order valence-corrected chi connectivity index (χ1v) is 13.6. The van der Waals surface area contributed by atoms with Crippen molar-refractivity contribution in [2.45, 2.75) is 38.1 Å². The number of nitrogens with zero attached hydrogens (tertiary/aromatic N) is 1. The SMILES string of the molecule is O=C(NCc1ccccc1)c1cc2c(C3CCCNC3)cc(-c3c(O)cccc3OCC3CC3)nc2[nH]c1=O. The van der Waals surface area contributed by atoms with E-state index in [0.29, 0.717) is 41.7 Å². The predicted molar refractivity (Wildman–Crippen MR) is 150 cm³/mol. The number of phenols is 1. The lowest BCUT2D eigenvalue weighted by Gasteiger charge is -2.25. The molecule has 2 aliphatic rings. The van der Waals surface area contributed by atoms with E-state index in [0.717, 1.165) is 55.3 Å². The zero-order valence-corrected chi connectivity index (χ0v) is 21.7. The van der Waals surface area contributed by atoms with E-state index < -0.39 is 11.5 Å². The Hall–Kier alpha value is -4.17. The number of pyridine rings is 2. The van der Waals surface area contributed by atoms with E-state index in [2.05, 4.69) is 15.6 Å². The van der Waals surface area contributed by atoms with Crippen LogP contribution in [-0.2, 0) is 6.54 Å². The van der Waals surface area contributed by atoms with Gasteiger partial charge in [-0.3, -0.25) is 9.59 Å². The fourth-order valence-electron chi connectivity index (χ4n) is 5.22. The summed E-state index contributed by atoms with van der Waals surface area (Å²) in [7, 11) is 0. The number of benzene rings is 2. The molecule has 2 aromatic carbocycles. The number of carbonyl (C=O) groups excluding carboxylic acids is 1. The largest absolute Gasteiger partial charge is 0.507 e. The lowest BCUT2D eigenvalue weighted by molar-refractivity contribution is 0.0949. The first-order valence-electron chi connectivity index (χ1n) is 13.6. The standard InChI is InChI=1S/C31H32N4O4/c36-26-9-4-10-27(39-18-20-11-12-20)28(26)25-15-22(21-8-5-13-32-17-21)23-14-24(31(38)35-29(23)34-25)30(37)33-16-19-6-2-1-3-7-19/h1-4,6-7,9-10,14-15,20-21,32,36H,5,8,11-13,16-18H2,(H,33,37)(H,34,35,38). The van der Waals surface area contributed by atoms with Crippen molar-refractivity contribution < 1.29 is 14.6 Å². The summed E-state index contributed by atoms with van der Waals surface area (Å²) in [5, 5.41) is 17.9. The number of phenolic OH excluding ortho intramolecular Hbond substituents is 1. The van der Waals surface area contributed by atoms with Crippen LogP contribution in [0.25, 0.3) is 22.3 Å². The Morgan fingerprint density at radius 3 is 2.69 bits per heavy atom. The molecule has 4 aromatic rings. The van der Waals surface area contributed by atoms with Crippen LogP contribution in [0.5, 0.6) is 11.5 Å². The number of ether oxygens (including phenoxy) is 1. The van der Waals surface area contributed by atoms with Crippen molar-refractivity contribution in [3.8, 4) is 22.8 Å². The number of rotatable bonds is 8. The smallest absolute Gasteiger partial charge is 0.262 e. The van der Waals surface area contributed by atoms with Crippen LogP contribution in [0.4, 0.5) is 0 Å². The normalized spacial score (nSPS) is 17.2. The van der Waals surface area contributed by atoms with Crippen molar-refractivity contribution in [3.05, 3.63) is 87.7 Å². The molecular weight excluding hydrogens is 492 g/mol. The highest BCUT2D eigenvalue weighted by Gasteiger charge is 2.26. The molecule has 1 aliphatic heterocycles. The predicted octanol–water partition coefficient (Wildman–Crippen LogP) is 4.48. The fourth-order valence-corrected chi connectivity index (χ4v) is 5.22. The molecule has 39 heavy (non-hydrogen) atoms. The van der Waals surface area contributed by atoms with Gasteiger partial charge in [0, 0.05) is 18.5 Å². The van der Waals surface area contributed by atoms with Gasteiger partial charge in [0.15, 0.2) is 0 Å². The molecule has 1 saturated heterocycles. The van der Waals surface area contributed by atoms with Gasteiger partial charge in [-0.25, -0.2) is 4.98 Å². The molecule has 2 fully saturated rings. The molecule has 1 atom stereocenters. The minimum atomic E-state index is -0.507. The van der Waals surface area contributed by atoms with Crippen LogP contribution >= 0.6 is 0 Å². The first kappa shape index (κ1) is 25.1. The van der Waals surface area contributed by atoms with Gasteiger partial charge in [-0.05, 0) is 79.5 Å². The number of hydrogen-bond acceptors (Lipinski definition) is 6. The van der Waals surface area contributed by atoms with Crippen LogP contribution in [-0.4, -0.2) is 40.7 Å². The Kier molecular flexibility index (Phi) is 7.02. The van der Waals surface area contributed by atoms with Gasteiger partial charge in [-0.2, -0.15) is 0 Å². The number of nitrogens with one attached hydrogen (secondary N) is 3. The summed E-state index contributed by atoms with van der Waals surface area (Å²) in [6.07, 6.45) is 4.29. The summed E-state index contributed by atoms with van der Waals surface area (Å²) in [6.45, 7) is 2.65. The van der Waals surface area contributed by atoms with Crippen molar-refractivity contribution >= 4 is 16.9 Å². The van der Waals surface area contributed by atoms with Gasteiger partial charge >= 0.3 is 0 Å². The monoisotopic (exact) mass is 524 g/mol. The van der Waals surface area contributed by atoms with Gasteiger partial charge in [0.25, 0.3) is 11.5 Å². The molecule has 0 bridgehead atoms. The molecule has 1 unspecified atom stereocenters. The van der Waals surface area contributed by atoms with E-state index in [1.54, 1.807) is 18.2 Å². The number of H-pyrrole nitrogens is 1.